The van der Waals surface area contributed by atoms with Crippen molar-refractivity contribution in [2.45, 2.75) is 25.4 Å². The zero-order valence-electron chi connectivity index (χ0n) is 13.2. The number of halogens is 1. The second kappa shape index (κ2) is 6.82. The van der Waals surface area contributed by atoms with Crippen molar-refractivity contribution in [3.05, 3.63) is 70.2 Å². The van der Waals surface area contributed by atoms with E-state index in [2.05, 4.69) is 66.7 Å². The Morgan fingerprint density at radius 1 is 1.14 bits per heavy atom. The van der Waals surface area contributed by atoms with Crippen molar-refractivity contribution in [3.63, 3.8) is 0 Å². The molecular formula is C19H23ClN2. The summed E-state index contributed by atoms with van der Waals surface area (Å²) in [5.74, 6) is 0.518. The number of hydrogen-bond acceptors (Lipinski definition) is 2. The first-order valence-electron chi connectivity index (χ1n) is 7.87. The van der Waals surface area contributed by atoms with Crippen LogP contribution in [0.1, 0.15) is 22.6 Å². The lowest BCUT2D eigenvalue weighted by molar-refractivity contribution is 0.320. The third kappa shape index (κ3) is 3.35. The van der Waals surface area contributed by atoms with Gasteiger partial charge in [-0.3, -0.25) is 4.90 Å². The average molecular weight is 315 g/mol. The van der Waals surface area contributed by atoms with Crippen molar-refractivity contribution in [1.29, 1.82) is 0 Å². The van der Waals surface area contributed by atoms with Crippen LogP contribution in [0.15, 0.2) is 48.5 Å². The molecule has 116 valence electrons. The highest BCUT2D eigenvalue weighted by molar-refractivity contribution is 6.31. The van der Waals surface area contributed by atoms with Gasteiger partial charge in [0.15, 0.2) is 0 Å². The maximum Gasteiger partial charge on any atom is 0.0435 e. The SMILES string of the molecule is CNC1CN(Cc2ccccc2)CC1c1ccc(Cl)c(C)c1. The van der Waals surface area contributed by atoms with Gasteiger partial charge in [-0.1, -0.05) is 54.1 Å². The average Bonchev–Trinajstić information content (AvgIpc) is 2.94. The molecule has 1 heterocycles. The molecule has 2 aromatic rings. The molecule has 3 heteroatoms. The zero-order valence-corrected chi connectivity index (χ0v) is 14.0. The molecule has 1 aliphatic heterocycles. The smallest absolute Gasteiger partial charge is 0.0435 e. The van der Waals surface area contributed by atoms with Gasteiger partial charge in [0.1, 0.15) is 0 Å². The number of benzene rings is 2. The monoisotopic (exact) mass is 314 g/mol. The Bertz CT molecular complexity index is 627. The number of likely N-dealkylation sites (tertiary alicyclic amines) is 1. The highest BCUT2D eigenvalue weighted by atomic mass is 35.5. The summed E-state index contributed by atoms with van der Waals surface area (Å²) in [5, 5.41) is 4.34. The Morgan fingerprint density at radius 3 is 2.59 bits per heavy atom. The Kier molecular flexibility index (Phi) is 4.82. The molecule has 1 aliphatic rings. The molecule has 22 heavy (non-hydrogen) atoms. The van der Waals surface area contributed by atoms with E-state index in [0.29, 0.717) is 12.0 Å². The van der Waals surface area contributed by atoms with Crippen LogP contribution in [0.4, 0.5) is 0 Å². The molecule has 3 rings (SSSR count). The van der Waals surface area contributed by atoms with Crippen LogP contribution in [0.5, 0.6) is 0 Å². The first-order valence-corrected chi connectivity index (χ1v) is 8.25. The van der Waals surface area contributed by atoms with E-state index in [1.807, 2.05) is 6.07 Å². The number of aryl methyl sites for hydroxylation is 1. The van der Waals surface area contributed by atoms with Crippen molar-refractivity contribution < 1.29 is 0 Å². The van der Waals surface area contributed by atoms with Gasteiger partial charge in [-0.05, 0) is 36.7 Å². The summed E-state index contributed by atoms with van der Waals surface area (Å²) in [4.78, 5) is 2.53. The lowest BCUT2D eigenvalue weighted by atomic mass is 9.93. The van der Waals surface area contributed by atoms with Crippen molar-refractivity contribution in [1.82, 2.24) is 10.2 Å². The van der Waals surface area contributed by atoms with E-state index in [1.54, 1.807) is 0 Å². The molecule has 2 unspecified atom stereocenters. The Morgan fingerprint density at radius 2 is 1.91 bits per heavy atom. The van der Waals surface area contributed by atoms with E-state index in [9.17, 15) is 0 Å². The van der Waals surface area contributed by atoms with Crippen LogP contribution in [0.25, 0.3) is 0 Å². The summed E-state index contributed by atoms with van der Waals surface area (Å²) in [6, 6.07) is 17.6. The molecule has 1 N–H and O–H groups in total. The fourth-order valence-electron chi connectivity index (χ4n) is 3.38. The number of hydrogen-bond donors (Lipinski definition) is 1. The molecule has 2 atom stereocenters. The highest BCUT2D eigenvalue weighted by Crippen LogP contribution is 2.30. The van der Waals surface area contributed by atoms with Gasteiger partial charge < -0.3 is 5.32 Å². The van der Waals surface area contributed by atoms with Crippen LogP contribution in [0.3, 0.4) is 0 Å². The first kappa shape index (κ1) is 15.5. The molecule has 1 fully saturated rings. The standard InChI is InChI=1S/C19H23ClN2/c1-14-10-16(8-9-18(14)20)17-12-22(13-19(17)21-2)11-15-6-4-3-5-7-15/h3-10,17,19,21H,11-13H2,1-2H3. The maximum absolute atomic E-state index is 6.17. The van der Waals surface area contributed by atoms with Gasteiger partial charge in [0.05, 0.1) is 0 Å². The molecule has 0 aromatic heterocycles. The van der Waals surface area contributed by atoms with Gasteiger partial charge in [-0.15, -0.1) is 0 Å². The summed E-state index contributed by atoms with van der Waals surface area (Å²) in [6.45, 7) is 5.26. The van der Waals surface area contributed by atoms with Crippen LogP contribution in [0, 0.1) is 6.92 Å². The van der Waals surface area contributed by atoms with E-state index in [1.165, 1.54) is 11.1 Å². The summed E-state index contributed by atoms with van der Waals surface area (Å²) < 4.78 is 0. The molecule has 0 spiro atoms. The molecule has 1 saturated heterocycles. The minimum Gasteiger partial charge on any atom is -0.315 e. The predicted molar refractivity (Wildman–Crippen MR) is 93.5 cm³/mol. The van der Waals surface area contributed by atoms with E-state index in [0.717, 1.165) is 30.2 Å². The number of nitrogens with one attached hydrogen (secondary N) is 1. The minimum atomic E-state index is 0.490. The summed E-state index contributed by atoms with van der Waals surface area (Å²) in [6.07, 6.45) is 0. The molecule has 0 bridgehead atoms. The molecular weight excluding hydrogens is 292 g/mol. The summed E-state index contributed by atoms with van der Waals surface area (Å²) in [5.41, 5.74) is 3.93. The third-order valence-electron chi connectivity index (χ3n) is 4.63. The van der Waals surface area contributed by atoms with Crippen molar-refractivity contribution in [2.24, 2.45) is 0 Å². The van der Waals surface area contributed by atoms with Gasteiger partial charge >= 0.3 is 0 Å². The van der Waals surface area contributed by atoms with Crippen molar-refractivity contribution in [3.8, 4) is 0 Å². The van der Waals surface area contributed by atoms with Gasteiger partial charge in [0.2, 0.25) is 0 Å². The van der Waals surface area contributed by atoms with Crippen LogP contribution in [-0.2, 0) is 6.54 Å². The normalized spacial score (nSPS) is 22.1. The first-order chi connectivity index (χ1) is 10.7. The molecule has 0 saturated carbocycles. The van der Waals surface area contributed by atoms with Gasteiger partial charge in [0, 0.05) is 36.6 Å². The zero-order chi connectivity index (χ0) is 15.5. The van der Waals surface area contributed by atoms with Crippen molar-refractivity contribution >= 4 is 11.6 Å². The Labute approximate surface area is 138 Å². The topological polar surface area (TPSA) is 15.3 Å². The molecule has 2 aromatic carbocycles. The van der Waals surface area contributed by atoms with Crippen LogP contribution < -0.4 is 5.32 Å². The van der Waals surface area contributed by atoms with E-state index < -0.39 is 0 Å². The fourth-order valence-corrected chi connectivity index (χ4v) is 3.50. The van der Waals surface area contributed by atoms with E-state index in [-0.39, 0.29) is 0 Å². The Hall–Kier alpha value is -1.35. The summed E-state index contributed by atoms with van der Waals surface area (Å²) in [7, 11) is 2.06. The molecule has 0 radical (unpaired) electrons. The van der Waals surface area contributed by atoms with E-state index in [4.69, 9.17) is 11.6 Å². The Balaban J connectivity index is 1.75. The minimum absolute atomic E-state index is 0.490. The maximum atomic E-state index is 6.17. The number of nitrogens with zero attached hydrogens (tertiary/aromatic N) is 1. The molecule has 0 amide bonds. The van der Waals surface area contributed by atoms with Gasteiger partial charge in [0.25, 0.3) is 0 Å². The second-order valence-corrected chi connectivity index (χ2v) is 6.60. The van der Waals surface area contributed by atoms with E-state index >= 15 is 0 Å². The lowest BCUT2D eigenvalue weighted by Gasteiger charge is -2.18. The summed E-state index contributed by atoms with van der Waals surface area (Å²) >= 11 is 6.17. The van der Waals surface area contributed by atoms with Crippen LogP contribution in [-0.4, -0.2) is 31.1 Å². The lowest BCUT2D eigenvalue weighted by Crippen LogP contribution is -2.32. The molecule has 2 nitrogen and oxygen atoms in total. The predicted octanol–water partition coefficient (Wildman–Crippen LogP) is 3.84. The fraction of sp³-hybridized carbons (Fsp3) is 0.368. The third-order valence-corrected chi connectivity index (χ3v) is 5.05. The number of likely N-dealkylation sites (N-methyl/N-ethyl adjacent to an activating group) is 1. The van der Waals surface area contributed by atoms with Crippen LogP contribution >= 0.6 is 11.6 Å². The molecule has 0 aliphatic carbocycles. The highest BCUT2D eigenvalue weighted by Gasteiger charge is 2.32. The van der Waals surface area contributed by atoms with Crippen LogP contribution in [0.2, 0.25) is 5.02 Å². The largest absolute Gasteiger partial charge is 0.315 e. The van der Waals surface area contributed by atoms with Gasteiger partial charge in [-0.25, -0.2) is 0 Å². The van der Waals surface area contributed by atoms with Gasteiger partial charge in [-0.2, -0.15) is 0 Å². The van der Waals surface area contributed by atoms with Crippen molar-refractivity contribution in [2.75, 3.05) is 20.1 Å². The quantitative estimate of drug-likeness (QED) is 0.922. The number of rotatable bonds is 4. The second-order valence-electron chi connectivity index (χ2n) is 6.19.